The molecule has 1 aliphatic rings. The number of carbonyl (C=O) groups is 1. The Balaban J connectivity index is 1.92. The average Bonchev–Trinajstić information content (AvgIpc) is 2.81. The molecule has 0 aromatic heterocycles. The summed E-state index contributed by atoms with van der Waals surface area (Å²) in [6.45, 7) is 7.09. The van der Waals surface area contributed by atoms with Gasteiger partial charge >= 0.3 is 0 Å². The van der Waals surface area contributed by atoms with Gasteiger partial charge in [0.05, 0.1) is 19.6 Å². The minimum Gasteiger partial charge on any atom is -0.497 e. The van der Waals surface area contributed by atoms with E-state index in [2.05, 4.69) is 17.0 Å². The van der Waals surface area contributed by atoms with E-state index in [1.807, 2.05) is 30.9 Å². The van der Waals surface area contributed by atoms with Gasteiger partial charge in [0.2, 0.25) is 5.91 Å². The first-order valence-corrected chi connectivity index (χ1v) is 8.36. The van der Waals surface area contributed by atoms with Crippen LogP contribution in [0.2, 0.25) is 0 Å². The van der Waals surface area contributed by atoms with Crippen LogP contribution in [0.1, 0.15) is 26.7 Å². The fourth-order valence-corrected chi connectivity index (χ4v) is 2.76. The van der Waals surface area contributed by atoms with Crippen molar-refractivity contribution >= 4 is 11.6 Å². The van der Waals surface area contributed by atoms with Crippen molar-refractivity contribution in [1.29, 1.82) is 0 Å². The van der Waals surface area contributed by atoms with Gasteiger partial charge in [0.15, 0.2) is 0 Å². The highest BCUT2D eigenvalue weighted by Crippen LogP contribution is 2.21. The van der Waals surface area contributed by atoms with Crippen LogP contribution in [-0.4, -0.2) is 55.3 Å². The van der Waals surface area contributed by atoms with Crippen LogP contribution in [0.4, 0.5) is 5.69 Å². The number of rotatable bonds is 5. The molecule has 1 aromatic carbocycles. The summed E-state index contributed by atoms with van der Waals surface area (Å²) in [7, 11) is 1.66. The summed E-state index contributed by atoms with van der Waals surface area (Å²) >= 11 is 0. The second-order valence-corrected chi connectivity index (χ2v) is 6.43. The van der Waals surface area contributed by atoms with Crippen molar-refractivity contribution in [3.8, 4) is 5.75 Å². The summed E-state index contributed by atoms with van der Waals surface area (Å²) in [5.41, 5.74) is 1.15. The first-order chi connectivity index (χ1) is 11.0. The Morgan fingerprint density at radius 3 is 2.48 bits per heavy atom. The van der Waals surface area contributed by atoms with Crippen molar-refractivity contribution in [3.05, 3.63) is 24.3 Å². The van der Waals surface area contributed by atoms with Gasteiger partial charge < -0.3 is 19.6 Å². The van der Waals surface area contributed by atoms with Crippen molar-refractivity contribution in [2.75, 3.05) is 38.2 Å². The zero-order chi connectivity index (χ0) is 16.8. The standard InChI is InChI=1S/C18H28N2O3/c1-14(2)17(21)13-18(22)20-10-4-9-19(11-12-20)15-5-7-16(23-3)8-6-15/h5-8,14,17,21H,4,9-13H2,1-3H3/t17-/m0/s1. The van der Waals surface area contributed by atoms with E-state index in [0.29, 0.717) is 6.54 Å². The Kier molecular flexibility index (Phi) is 6.28. The van der Waals surface area contributed by atoms with Crippen LogP contribution in [0, 0.1) is 5.92 Å². The van der Waals surface area contributed by atoms with Gasteiger partial charge in [-0.15, -0.1) is 0 Å². The summed E-state index contributed by atoms with van der Waals surface area (Å²) in [6, 6.07) is 8.03. The number of aliphatic hydroxyl groups is 1. The van der Waals surface area contributed by atoms with Gasteiger partial charge in [-0.2, -0.15) is 0 Å². The third-order valence-corrected chi connectivity index (χ3v) is 4.44. The fourth-order valence-electron chi connectivity index (χ4n) is 2.76. The lowest BCUT2D eigenvalue weighted by atomic mass is 10.0. The predicted molar refractivity (Wildman–Crippen MR) is 91.9 cm³/mol. The van der Waals surface area contributed by atoms with Crippen LogP contribution in [0.25, 0.3) is 0 Å². The van der Waals surface area contributed by atoms with Gasteiger partial charge in [-0.1, -0.05) is 13.8 Å². The monoisotopic (exact) mass is 320 g/mol. The lowest BCUT2D eigenvalue weighted by Gasteiger charge is -2.25. The van der Waals surface area contributed by atoms with Crippen molar-refractivity contribution in [2.45, 2.75) is 32.8 Å². The summed E-state index contributed by atoms with van der Waals surface area (Å²) in [5, 5.41) is 9.91. The number of amides is 1. The van der Waals surface area contributed by atoms with E-state index in [4.69, 9.17) is 4.74 Å². The van der Waals surface area contributed by atoms with Crippen LogP contribution in [0.3, 0.4) is 0 Å². The molecule has 5 heteroatoms. The number of hydrogen-bond donors (Lipinski definition) is 1. The predicted octanol–water partition coefficient (Wildman–Crippen LogP) is 2.14. The molecule has 0 spiro atoms. The summed E-state index contributed by atoms with van der Waals surface area (Å²) < 4.78 is 5.19. The quantitative estimate of drug-likeness (QED) is 0.903. The number of nitrogens with zero attached hydrogens (tertiary/aromatic N) is 2. The summed E-state index contributed by atoms with van der Waals surface area (Å²) in [6.07, 6.45) is 0.610. The SMILES string of the molecule is COc1ccc(N2CCCN(C(=O)C[C@H](O)C(C)C)CC2)cc1. The molecular weight excluding hydrogens is 292 g/mol. The topological polar surface area (TPSA) is 53.0 Å². The highest BCUT2D eigenvalue weighted by Gasteiger charge is 2.22. The minimum absolute atomic E-state index is 0.0581. The van der Waals surface area contributed by atoms with Crippen molar-refractivity contribution in [1.82, 2.24) is 4.90 Å². The number of carbonyl (C=O) groups excluding carboxylic acids is 1. The van der Waals surface area contributed by atoms with Gasteiger partial charge in [0, 0.05) is 31.9 Å². The number of hydrogen-bond acceptors (Lipinski definition) is 4. The van der Waals surface area contributed by atoms with Crippen molar-refractivity contribution < 1.29 is 14.6 Å². The van der Waals surface area contributed by atoms with Gasteiger partial charge in [-0.05, 0) is 36.6 Å². The Morgan fingerprint density at radius 1 is 1.17 bits per heavy atom. The summed E-state index contributed by atoms with van der Waals surface area (Å²) in [5.74, 6) is 1.02. The first-order valence-electron chi connectivity index (χ1n) is 8.36. The molecule has 1 saturated heterocycles. The normalized spacial score (nSPS) is 17.1. The smallest absolute Gasteiger partial charge is 0.225 e. The lowest BCUT2D eigenvalue weighted by Crippen LogP contribution is -2.37. The van der Waals surface area contributed by atoms with Gasteiger partial charge in [0.1, 0.15) is 5.75 Å². The number of ether oxygens (including phenoxy) is 1. The zero-order valence-corrected chi connectivity index (χ0v) is 14.4. The molecule has 1 amide bonds. The molecule has 0 unspecified atom stereocenters. The molecule has 0 radical (unpaired) electrons. The van der Waals surface area contributed by atoms with Gasteiger partial charge in [0.25, 0.3) is 0 Å². The Morgan fingerprint density at radius 2 is 1.87 bits per heavy atom. The molecule has 1 atom stereocenters. The largest absolute Gasteiger partial charge is 0.497 e. The third kappa shape index (κ3) is 4.86. The van der Waals surface area contributed by atoms with E-state index < -0.39 is 6.10 Å². The summed E-state index contributed by atoms with van der Waals surface area (Å²) in [4.78, 5) is 16.5. The van der Waals surface area contributed by atoms with Crippen LogP contribution in [-0.2, 0) is 4.79 Å². The van der Waals surface area contributed by atoms with E-state index in [1.165, 1.54) is 0 Å². The molecule has 5 nitrogen and oxygen atoms in total. The fraction of sp³-hybridized carbons (Fsp3) is 0.611. The van der Waals surface area contributed by atoms with E-state index in [-0.39, 0.29) is 18.2 Å². The maximum absolute atomic E-state index is 12.3. The van der Waals surface area contributed by atoms with Gasteiger partial charge in [-0.25, -0.2) is 0 Å². The van der Waals surface area contributed by atoms with E-state index >= 15 is 0 Å². The number of aliphatic hydroxyl groups excluding tert-OH is 1. The van der Waals surface area contributed by atoms with Crippen LogP contribution >= 0.6 is 0 Å². The molecule has 128 valence electrons. The molecule has 1 N–H and O–H groups in total. The lowest BCUT2D eigenvalue weighted by molar-refractivity contribution is -0.133. The second kappa shape index (κ2) is 8.20. The third-order valence-electron chi connectivity index (χ3n) is 4.44. The molecule has 1 aromatic rings. The maximum Gasteiger partial charge on any atom is 0.225 e. The van der Waals surface area contributed by atoms with Crippen LogP contribution in [0.15, 0.2) is 24.3 Å². The highest BCUT2D eigenvalue weighted by molar-refractivity contribution is 5.76. The molecule has 1 aliphatic heterocycles. The van der Waals surface area contributed by atoms with Crippen molar-refractivity contribution in [3.63, 3.8) is 0 Å². The van der Waals surface area contributed by atoms with Crippen LogP contribution in [0.5, 0.6) is 5.75 Å². The highest BCUT2D eigenvalue weighted by atomic mass is 16.5. The van der Waals surface area contributed by atoms with E-state index in [1.54, 1.807) is 7.11 Å². The molecule has 1 heterocycles. The number of anilines is 1. The second-order valence-electron chi connectivity index (χ2n) is 6.43. The van der Waals surface area contributed by atoms with Crippen LogP contribution < -0.4 is 9.64 Å². The molecular formula is C18H28N2O3. The number of methoxy groups -OCH3 is 1. The van der Waals surface area contributed by atoms with E-state index in [0.717, 1.165) is 37.5 Å². The Hall–Kier alpha value is -1.75. The maximum atomic E-state index is 12.3. The molecule has 0 saturated carbocycles. The zero-order valence-electron chi connectivity index (χ0n) is 14.4. The molecule has 23 heavy (non-hydrogen) atoms. The molecule has 2 rings (SSSR count). The van der Waals surface area contributed by atoms with Gasteiger partial charge in [-0.3, -0.25) is 4.79 Å². The molecule has 0 bridgehead atoms. The van der Waals surface area contributed by atoms with Crippen molar-refractivity contribution in [2.24, 2.45) is 5.92 Å². The Labute approximate surface area is 138 Å². The van der Waals surface area contributed by atoms with E-state index in [9.17, 15) is 9.90 Å². The number of benzene rings is 1. The first kappa shape index (κ1) is 17.6. The average molecular weight is 320 g/mol. The Bertz CT molecular complexity index is 501. The minimum atomic E-state index is -0.552. The molecule has 1 fully saturated rings. The molecule has 0 aliphatic carbocycles.